The van der Waals surface area contributed by atoms with E-state index in [1.165, 1.54) is 7.11 Å². The van der Waals surface area contributed by atoms with Crippen LogP contribution in [0.3, 0.4) is 0 Å². The second-order valence-electron chi connectivity index (χ2n) is 2.43. The molecule has 0 aromatic carbocycles. The van der Waals surface area contributed by atoms with Crippen LogP contribution in [0.15, 0.2) is 0 Å². The van der Waals surface area contributed by atoms with Crippen molar-refractivity contribution in [2.24, 2.45) is 11.7 Å². The van der Waals surface area contributed by atoms with Crippen LogP contribution in [0.1, 0.15) is 34.1 Å². The van der Waals surface area contributed by atoms with Gasteiger partial charge >= 0.3 is 5.97 Å². The van der Waals surface area contributed by atoms with Crippen molar-refractivity contribution in [1.29, 1.82) is 0 Å². The highest BCUT2D eigenvalue weighted by Gasteiger charge is 2.19. The molecule has 0 aromatic rings. The van der Waals surface area contributed by atoms with Crippen LogP contribution in [0.25, 0.3) is 0 Å². The van der Waals surface area contributed by atoms with Crippen molar-refractivity contribution >= 4 is 5.97 Å². The van der Waals surface area contributed by atoms with Crippen LogP contribution in [-0.4, -0.2) is 19.1 Å². The van der Waals surface area contributed by atoms with E-state index in [-0.39, 0.29) is 11.9 Å². The Bertz CT molecular complexity index is 115. The van der Waals surface area contributed by atoms with E-state index in [9.17, 15) is 4.79 Å². The molecular formula is C9H21NO2. The summed E-state index contributed by atoms with van der Waals surface area (Å²) in [6.07, 6.45) is 0.899. The van der Waals surface area contributed by atoms with E-state index in [1.807, 2.05) is 27.7 Å². The van der Waals surface area contributed by atoms with Crippen LogP contribution in [0.2, 0.25) is 0 Å². The molecule has 2 atom stereocenters. The monoisotopic (exact) mass is 175 g/mol. The summed E-state index contributed by atoms with van der Waals surface area (Å²) in [7, 11) is 1.35. The normalized spacial score (nSPS) is 13.8. The molecule has 0 unspecified atom stereocenters. The van der Waals surface area contributed by atoms with Crippen molar-refractivity contribution in [2.45, 2.75) is 40.2 Å². The molecule has 74 valence electrons. The Morgan fingerprint density at radius 1 is 1.50 bits per heavy atom. The molecule has 0 saturated heterocycles. The molecule has 2 N–H and O–H groups in total. The first-order chi connectivity index (χ1) is 5.63. The van der Waals surface area contributed by atoms with Gasteiger partial charge in [0.2, 0.25) is 0 Å². The molecule has 0 spiro atoms. The van der Waals surface area contributed by atoms with Gasteiger partial charge in [-0.15, -0.1) is 0 Å². The van der Waals surface area contributed by atoms with Gasteiger partial charge in [0.05, 0.1) is 7.11 Å². The molecular weight excluding hydrogens is 154 g/mol. The lowest BCUT2D eigenvalue weighted by molar-refractivity contribution is -0.143. The van der Waals surface area contributed by atoms with Crippen molar-refractivity contribution < 1.29 is 9.53 Å². The van der Waals surface area contributed by atoms with E-state index in [0.717, 1.165) is 6.42 Å². The zero-order valence-corrected chi connectivity index (χ0v) is 8.76. The fraction of sp³-hybridized carbons (Fsp3) is 0.889. The van der Waals surface area contributed by atoms with Crippen molar-refractivity contribution in [1.82, 2.24) is 0 Å². The van der Waals surface area contributed by atoms with Gasteiger partial charge in [-0.1, -0.05) is 34.1 Å². The minimum atomic E-state index is -0.463. The molecule has 0 heterocycles. The maximum Gasteiger partial charge on any atom is 0.322 e. The molecule has 0 rings (SSSR count). The first-order valence-electron chi connectivity index (χ1n) is 4.46. The minimum Gasteiger partial charge on any atom is -0.468 e. The van der Waals surface area contributed by atoms with E-state index >= 15 is 0 Å². The Hall–Kier alpha value is -0.570. The Labute approximate surface area is 75.3 Å². The molecule has 0 saturated carbocycles. The number of rotatable bonds is 3. The van der Waals surface area contributed by atoms with Crippen molar-refractivity contribution in [3.63, 3.8) is 0 Å². The summed E-state index contributed by atoms with van der Waals surface area (Å²) in [5.41, 5.74) is 5.51. The highest BCUT2D eigenvalue weighted by molar-refractivity contribution is 5.75. The van der Waals surface area contributed by atoms with Crippen LogP contribution in [0, 0.1) is 5.92 Å². The molecule has 3 heteroatoms. The van der Waals surface area contributed by atoms with Crippen molar-refractivity contribution in [2.75, 3.05) is 7.11 Å². The van der Waals surface area contributed by atoms with Gasteiger partial charge in [-0.25, -0.2) is 0 Å². The summed E-state index contributed by atoms with van der Waals surface area (Å²) in [6, 6.07) is -0.463. The second kappa shape index (κ2) is 8.53. The molecule has 0 aliphatic carbocycles. The predicted molar refractivity (Wildman–Crippen MR) is 50.8 cm³/mol. The minimum absolute atomic E-state index is 0.201. The van der Waals surface area contributed by atoms with E-state index in [0.29, 0.717) is 0 Å². The lowest BCUT2D eigenvalue weighted by Gasteiger charge is -2.14. The zero-order valence-electron chi connectivity index (χ0n) is 8.76. The van der Waals surface area contributed by atoms with Gasteiger partial charge < -0.3 is 10.5 Å². The highest BCUT2D eigenvalue weighted by atomic mass is 16.5. The van der Waals surface area contributed by atoms with Gasteiger partial charge in [0, 0.05) is 0 Å². The Balaban J connectivity index is 0. The molecule has 12 heavy (non-hydrogen) atoms. The third-order valence-corrected chi connectivity index (χ3v) is 1.73. The molecule has 0 aliphatic rings. The summed E-state index contributed by atoms with van der Waals surface area (Å²) in [5.74, 6) is -0.123. The third kappa shape index (κ3) is 5.13. The summed E-state index contributed by atoms with van der Waals surface area (Å²) < 4.78 is 4.47. The average molecular weight is 175 g/mol. The number of carbonyl (C=O) groups is 1. The predicted octanol–water partition coefficient (Wildman–Crippen LogP) is 1.56. The van der Waals surface area contributed by atoms with Crippen LogP contribution >= 0.6 is 0 Å². The molecule has 3 nitrogen and oxygen atoms in total. The highest BCUT2D eigenvalue weighted by Crippen LogP contribution is 2.05. The number of carbonyl (C=O) groups excluding carboxylic acids is 1. The smallest absolute Gasteiger partial charge is 0.322 e. The van der Waals surface area contributed by atoms with Gasteiger partial charge in [0.1, 0.15) is 6.04 Å². The maximum absolute atomic E-state index is 10.8. The number of esters is 1. The fourth-order valence-corrected chi connectivity index (χ4v) is 0.622. The van der Waals surface area contributed by atoms with Gasteiger partial charge in [-0.3, -0.25) is 4.79 Å². The fourth-order valence-electron chi connectivity index (χ4n) is 0.622. The Morgan fingerprint density at radius 3 is 2.17 bits per heavy atom. The number of methoxy groups -OCH3 is 1. The van der Waals surface area contributed by atoms with Crippen LogP contribution in [0.5, 0.6) is 0 Å². The molecule has 0 aliphatic heterocycles. The van der Waals surface area contributed by atoms with Crippen LogP contribution in [-0.2, 0) is 9.53 Å². The Kier molecular flexibility index (Phi) is 9.93. The number of hydrogen-bond acceptors (Lipinski definition) is 3. The van der Waals surface area contributed by atoms with Gasteiger partial charge in [0.25, 0.3) is 0 Å². The molecule has 0 amide bonds. The molecule has 0 radical (unpaired) electrons. The lowest BCUT2D eigenvalue weighted by Crippen LogP contribution is -2.37. The summed E-state index contributed by atoms with van der Waals surface area (Å²) in [5, 5.41) is 0. The standard InChI is InChI=1S/C7H15NO2.C2H6/c1-4-5(2)6(8)7(9)10-3;1-2/h5-6H,4,8H2,1-3H3;1-2H3/t5-,6-;/m0./s1. The zero-order chi connectivity index (χ0) is 10.1. The number of hydrogen-bond donors (Lipinski definition) is 1. The average Bonchev–Trinajstić information content (AvgIpc) is 2.17. The SMILES string of the molecule is CC.CC[C@H](C)[C@H](N)C(=O)OC. The first kappa shape index (κ1) is 14.0. The summed E-state index contributed by atoms with van der Waals surface area (Å²) in [4.78, 5) is 10.8. The quantitative estimate of drug-likeness (QED) is 0.662. The van der Waals surface area contributed by atoms with Crippen LogP contribution in [0.4, 0.5) is 0 Å². The topological polar surface area (TPSA) is 52.3 Å². The van der Waals surface area contributed by atoms with E-state index in [4.69, 9.17) is 5.73 Å². The largest absolute Gasteiger partial charge is 0.468 e. The molecule has 0 bridgehead atoms. The van der Waals surface area contributed by atoms with Crippen LogP contribution < -0.4 is 5.73 Å². The molecule has 0 fully saturated rings. The summed E-state index contributed by atoms with van der Waals surface area (Å²) in [6.45, 7) is 7.93. The van der Waals surface area contributed by atoms with Gasteiger partial charge in [0.15, 0.2) is 0 Å². The number of nitrogens with two attached hydrogens (primary N) is 1. The van der Waals surface area contributed by atoms with Crippen molar-refractivity contribution in [3.8, 4) is 0 Å². The first-order valence-corrected chi connectivity index (χ1v) is 4.46. The van der Waals surface area contributed by atoms with E-state index in [2.05, 4.69) is 4.74 Å². The van der Waals surface area contributed by atoms with Gasteiger partial charge in [-0.05, 0) is 5.92 Å². The summed E-state index contributed by atoms with van der Waals surface area (Å²) >= 11 is 0. The lowest BCUT2D eigenvalue weighted by atomic mass is 10.0. The Morgan fingerprint density at radius 2 is 1.92 bits per heavy atom. The number of ether oxygens (including phenoxy) is 1. The van der Waals surface area contributed by atoms with E-state index in [1.54, 1.807) is 0 Å². The molecule has 0 aromatic heterocycles. The van der Waals surface area contributed by atoms with Gasteiger partial charge in [-0.2, -0.15) is 0 Å². The second-order valence-corrected chi connectivity index (χ2v) is 2.43. The van der Waals surface area contributed by atoms with Crippen molar-refractivity contribution in [3.05, 3.63) is 0 Å². The third-order valence-electron chi connectivity index (χ3n) is 1.73. The maximum atomic E-state index is 10.8. The van der Waals surface area contributed by atoms with E-state index < -0.39 is 6.04 Å².